The number of rotatable bonds is 6. The van der Waals surface area contributed by atoms with Crippen molar-refractivity contribution in [2.24, 2.45) is 0 Å². The Morgan fingerprint density at radius 3 is 3.20 bits per heavy atom. The Labute approximate surface area is 115 Å². The van der Waals surface area contributed by atoms with Gasteiger partial charge >= 0.3 is 0 Å². The fourth-order valence-corrected chi connectivity index (χ4v) is 1.91. The molecule has 7 nitrogen and oxygen atoms in total. The highest BCUT2D eigenvalue weighted by Gasteiger charge is 2.11. The van der Waals surface area contributed by atoms with E-state index in [9.17, 15) is 0 Å². The molecule has 0 saturated carbocycles. The van der Waals surface area contributed by atoms with Crippen LogP contribution in [-0.4, -0.2) is 39.8 Å². The number of nitrogens with one attached hydrogen (secondary N) is 1. The van der Waals surface area contributed by atoms with Crippen molar-refractivity contribution in [2.75, 3.05) is 20.3 Å². The first-order chi connectivity index (χ1) is 9.88. The van der Waals surface area contributed by atoms with Crippen molar-refractivity contribution in [3.63, 3.8) is 0 Å². The van der Waals surface area contributed by atoms with Crippen LogP contribution in [0.3, 0.4) is 0 Å². The van der Waals surface area contributed by atoms with Gasteiger partial charge in [-0.25, -0.2) is 9.50 Å². The van der Waals surface area contributed by atoms with Gasteiger partial charge in [0, 0.05) is 26.0 Å². The number of hydrogen-bond donors (Lipinski definition) is 1. The molecule has 3 heterocycles. The SMILES string of the molecule is COCCNCc1ncc(-c2cnn3ccncc23)o1. The van der Waals surface area contributed by atoms with Crippen LogP contribution in [0.4, 0.5) is 0 Å². The van der Waals surface area contributed by atoms with Crippen LogP contribution in [0, 0.1) is 0 Å². The first-order valence-corrected chi connectivity index (χ1v) is 6.30. The summed E-state index contributed by atoms with van der Waals surface area (Å²) in [6, 6.07) is 0. The Hall–Kier alpha value is -2.25. The molecule has 0 aliphatic carbocycles. The van der Waals surface area contributed by atoms with Gasteiger partial charge in [0.2, 0.25) is 5.89 Å². The van der Waals surface area contributed by atoms with E-state index in [1.807, 2.05) is 0 Å². The van der Waals surface area contributed by atoms with Gasteiger partial charge in [0.05, 0.1) is 42.8 Å². The van der Waals surface area contributed by atoms with Crippen molar-refractivity contribution >= 4 is 5.52 Å². The minimum Gasteiger partial charge on any atom is -0.439 e. The molecule has 0 aliphatic heterocycles. The zero-order valence-corrected chi connectivity index (χ0v) is 11.1. The Balaban J connectivity index is 1.76. The van der Waals surface area contributed by atoms with Crippen molar-refractivity contribution < 1.29 is 9.15 Å². The fourth-order valence-electron chi connectivity index (χ4n) is 1.91. The number of hydrogen-bond acceptors (Lipinski definition) is 6. The molecule has 104 valence electrons. The maximum Gasteiger partial charge on any atom is 0.208 e. The zero-order chi connectivity index (χ0) is 13.8. The van der Waals surface area contributed by atoms with Crippen LogP contribution in [0.15, 0.2) is 35.4 Å². The molecule has 0 bridgehead atoms. The molecule has 0 radical (unpaired) electrons. The van der Waals surface area contributed by atoms with Crippen LogP contribution in [0.5, 0.6) is 0 Å². The summed E-state index contributed by atoms with van der Waals surface area (Å²) < 4.78 is 12.4. The highest BCUT2D eigenvalue weighted by molar-refractivity contribution is 5.75. The van der Waals surface area contributed by atoms with E-state index in [4.69, 9.17) is 9.15 Å². The van der Waals surface area contributed by atoms with Gasteiger partial charge in [0.25, 0.3) is 0 Å². The molecule has 1 N–H and O–H groups in total. The Bertz CT molecular complexity index is 691. The number of nitrogens with zero attached hydrogens (tertiary/aromatic N) is 4. The highest BCUT2D eigenvalue weighted by atomic mass is 16.5. The molecule has 0 spiro atoms. The lowest BCUT2D eigenvalue weighted by Crippen LogP contribution is -2.18. The normalized spacial score (nSPS) is 11.2. The van der Waals surface area contributed by atoms with E-state index < -0.39 is 0 Å². The lowest BCUT2D eigenvalue weighted by atomic mass is 10.2. The Morgan fingerprint density at radius 1 is 1.35 bits per heavy atom. The van der Waals surface area contributed by atoms with Crippen molar-refractivity contribution in [3.8, 4) is 11.3 Å². The van der Waals surface area contributed by atoms with Gasteiger partial charge in [0.1, 0.15) is 0 Å². The van der Waals surface area contributed by atoms with Crippen LogP contribution >= 0.6 is 0 Å². The second-order valence-corrected chi connectivity index (χ2v) is 4.25. The smallest absolute Gasteiger partial charge is 0.208 e. The van der Waals surface area contributed by atoms with E-state index in [-0.39, 0.29) is 0 Å². The predicted molar refractivity (Wildman–Crippen MR) is 72.1 cm³/mol. The summed E-state index contributed by atoms with van der Waals surface area (Å²) in [5.41, 5.74) is 1.77. The molecule has 0 unspecified atom stereocenters. The van der Waals surface area contributed by atoms with E-state index in [1.165, 1.54) is 0 Å². The summed E-state index contributed by atoms with van der Waals surface area (Å²) in [6.07, 6.45) is 8.69. The summed E-state index contributed by atoms with van der Waals surface area (Å²) in [4.78, 5) is 8.35. The van der Waals surface area contributed by atoms with Crippen LogP contribution < -0.4 is 5.32 Å². The summed E-state index contributed by atoms with van der Waals surface area (Å²) in [6.45, 7) is 1.99. The molecule has 0 aliphatic rings. The molecule has 0 fully saturated rings. The third kappa shape index (κ3) is 2.54. The molecule has 7 heteroatoms. The van der Waals surface area contributed by atoms with Crippen molar-refractivity contribution in [1.82, 2.24) is 24.9 Å². The Morgan fingerprint density at radius 2 is 2.30 bits per heavy atom. The van der Waals surface area contributed by atoms with E-state index in [0.717, 1.165) is 17.6 Å². The number of ether oxygens (including phenoxy) is 1. The van der Waals surface area contributed by atoms with Crippen molar-refractivity contribution in [1.29, 1.82) is 0 Å². The van der Waals surface area contributed by atoms with Crippen LogP contribution in [-0.2, 0) is 11.3 Å². The van der Waals surface area contributed by atoms with Crippen molar-refractivity contribution in [3.05, 3.63) is 36.9 Å². The van der Waals surface area contributed by atoms with Gasteiger partial charge < -0.3 is 14.5 Å². The number of oxazole rings is 1. The standard InChI is InChI=1S/C13H15N5O2/c1-19-5-3-15-9-13-16-8-12(20-13)10-6-17-18-4-2-14-7-11(10)18/h2,4,6-8,15H,3,5,9H2,1H3. The molecular weight excluding hydrogens is 258 g/mol. The van der Waals surface area contributed by atoms with Crippen LogP contribution in [0.25, 0.3) is 16.8 Å². The maximum atomic E-state index is 5.72. The first-order valence-electron chi connectivity index (χ1n) is 6.30. The summed E-state index contributed by atoms with van der Waals surface area (Å²) in [5, 5.41) is 7.43. The summed E-state index contributed by atoms with van der Waals surface area (Å²) >= 11 is 0. The largest absolute Gasteiger partial charge is 0.439 e. The second-order valence-electron chi connectivity index (χ2n) is 4.25. The van der Waals surface area contributed by atoms with Gasteiger partial charge in [-0.15, -0.1) is 0 Å². The third-order valence-corrected chi connectivity index (χ3v) is 2.90. The predicted octanol–water partition coefficient (Wildman–Crippen LogP) is 1.12. The fraction of sp³-hybridized carbons (Fsp3) is 0.308. The van der Waals surface area contributed by atoms with Gasteiger partial charge in [-0.05, 0) is 0 Å². The van der Waals surface area contributed by atoms with E-state index in [0.29, 0.717) is 24.8 Å². The molecule has 0 atom stereocenters. The molecule has 3 aromatic heterocycles. The molecule has 0 saturated heterocycles. The Kier molecular flexibility index (Phi) is 3.71. The monoisotopic (exact) mass is 273 g/mol. The molecule has 20 heavy (non-hydrogen) atoms. The first kappa shape index (κ1) is 12.8. The quantitative estimate of drug-likeness (QED) is 0.678. The van der Waals surface area contributed by atoms with E-state index in [1.54, 1.807) is 42.6 Å². The molecule has 3 rings (SSSR count). The number of methoxy groups -OCH3 is 1. The van der Waals surface area contributed by atoms with E-state index in [2.05, 4.69) is 20.4 Å². The minimum atomic E-state index is 0.570. The highest BCUT2D eigenvalue weighted by Crippen LogP contribution is 2.24. The lowest BCUT2D eigenvalue weighted by molar-refractivity contribution is 0.198. The van der Waals surface area contributed by atoms with Gasteiger partial charge in [0.15, 0.2) is 5.76 Å². The van der Waals surface area contributed by atoms with Crippen LogP contribution in [0.2, 0.25) is 0 Å². The van der Waals surface area contributed by atoms with Crippen LogP contribution in [0.1, 0.15) is 5.89 Å². The van der Waals surface area contributed by atoms with Gasteiger partial charge in [-0.3, -0.25) is 4.98 Å². The topological polar surface area (TPSA) is 77.5 Å². The second kappa shape index (κ2) is 5.81. The number of fused-ring (bicyclic) bond motifs is 1. The maximum absolute atomic E-state index is 5.72. The molecule has 3 aromatic rings. The average Bonchev–Trinajstić information content (AvgIpc) is 3.10. The van der Waals surface area contributed by atoms with Gasteiger partial charge in [-0.1, -0.05) is 0 Å². The van der Waals surface area contributed by atoms with E-state index >= 15 is 0 Å². The average molecular weight is 273 g/mol. The summed E-state index contributed by atoms with van der Waals surface area (Å²) in [7, 11) is 1.67. The molecule has 0 amide bonds. The number of aromatic nitrogens is 4. The third-order valence-electron chi connectivity index (χ3n) is 2.90. The zero-order valence-electron chi connectivity index (χ0n) is 11.1. The molecule has 0 aromatic carbocycles. The van der Waals surface area contributed by atoms with Gasteiger partial charge in [-0.2, -0.15) is 5.10 Å². The lowest BCUT2D eigenvalue weighted by Gasteiger charge is -1.99. The minimum absolute atomic E-state index is 0.570. The summed E-state index contributed by atoms with van der Waals surface area (Å²) in [5.74, 6) is 1.33. The van der Waals surface area contributed by atoms with Crippen molar-refractivity contribution in [2.45, 2.75) is 6.54 Å². The molecular formula is C13H15N5O2.